The first-order valence-corrected chi connectivity index (χ1v) is 15.5. The third-order valence-corrected chi connectivity index (χ3v) is 9.78. The highest BCUT2D eigenvalue weighted by Gasteiger charge is 2.47. The molecule has 3 aliphatic rings. The molecule has 1 fully saturated rings. The van der Waals surface area contributed by atoms with E-state index in [0.29, 0.717) is 13.0 Å². The Morgan fingerprint density at radius 2 is 1.73 bits per heavy atom. The van der Waals surface area contributed by atoms with Crippen molar-refractivity contribution in [2.75, 3.05) is 24.5 Å². The zero-order valence-corrected chi connectivity index (χ0v) is 25.3. The van der Waals surface area contributed by atoms with Crippen LogP contribution in [0, 0.1) is 10.1 Å². The van der Waals surface area contributed by atoms with Crippen LogP contribution in [0.2, 0.25) is 0 Å². The van der Waals surface area contributed by atoms with Crippen molar-refractivity contribution in [3.05, 3.63) is 123 Å². The summed E-state index contributed by atoms with van der Waals surface area (Å²) in [6, 6.07) is 22.8. The third kappa shape index (κ3) is 5.34. The molecule has 45 heavy (non-hydrogen) atoms. The number of nitro groups is 1. The van der Waals surface area contributed by atoms with Gasteiger partial charge in [-0.1, -0.05) is 49.4 Å². The summed E-state index contributed by atoms with van der Waals surface area (Å²) in [5, 5.41) is 11.0. The number of hydrogen-bond acceptors (Lipinski definition) is 9. The van der Waals surface area contributed by atoms with Crippen LogP contribution in [0.25, 0.3) is 0 Å². The third-order valence-electron chi connectivity index (χ3n) is 9.78. The standard InChI is InChI=1S/C35H36N6O4/c1-23-18-30(45-34(42)26-10-12-27(13-11-26)41(43)44)32-31(23)33(38-22-37-32)40-21-35(28-4-2-3-5-29(28)40)14-16-39(17-15-35)20-25-8-6-24(19-36)7-9-25/h2-13,22-23,30H,14-21,36H2,1H3/t23-,30-/m1/s1. The van der Waals surface area contributed by atoms with Crippen molar-refractivity contribution in [1.82, 2.24) is 14.9 Å². The largest absolute Gasteiger partial charge is 0.452 e. The number of likely N-dealkylation sites (tertiary alicyclic amines) is 1. The molecule has 0 saturated carbocycles. The highest BCUT2D eigenvalue weighted by molar-refractivity contribution is 5.90. The van der Waals surface area contributed by atoms with Gasteiger partial charge in [-0.15, -0.1) is 0 Å². The second-order valence-corrected chi connectivity index (χ2v) is 12.5. The highest BCUT2D eigenvalue weighted by Crippen LogP contribution is 2.53. The molecule has 0 unspecified atom stereocenters. The van der Waals surface area contributed by atoms with Crippen LogP contribution < -0.4 is 10.6 Å². The van der Waals surface area contributed by atoms with E-state index in [1.54, 1.807) is 6.33 Å². The molecule has 3 heterocycles. The van der Waals surface area contributed by atoms with Crippen molar-refractivity contribution >= 4 is 23.2 Å². The topological polar surface area (TPSA) is 128 Å². The van der Waals surface area contributed by atoms with Crippen LogP contribution in [0.15, 0.2) is 79.1 Å². The Morgan fingerprint density at radius 1 is 1.02 bits per heavy atom. The van der Waals surface area contributed by atoms with Crippen molar-refractivity contribution < 1.29 is 14.5 Å². The maximum absolute atomic E-state index is 13.0. The molecule has 2 atom stereocenters. The van der Waals surface area contributed by atoms with Gasteiger partial charge >= 0.3 is 5.97 Å². The van der Waals surface area contributed by atoms with E-state index in [0.717, 1.165) is 61.7 Å². The van der Waals surface area contributed by atoms with Gasteiger partial charge in [0.05, 0.1) is 16.2 Å². The van der Waals surface area contributed by atoms with Crippen molar-refractivity contribution in [2.24, 2.45) is 5.73 Å². The van der Waals surface area contributed by atoms with E-state index in [2.05, 4.69) is 70.2 Å². The average molecular weight is 605 g/mol. The molecule has 3 aromatic carbocycles. The lowest BCUT2D eigenvalue weighted by molar-refractivity contribution is -0.384. The number of non-ortho nitro benzene ring substituents is 1. The number of fused-ring (bicyclic) bond motifs is 3. The summed E-state index contributed by atoms with van der Waals surface area (Å²) in [6.07, 6.45) is 3.76. The van der Waals surface area contributed by atoms with E-state index in [-0.39, 0.29) is 22.6 Å². The molecule has 230 valence electrons. The number of carbonyl (C=O) groups is 1. The number of nitro benzene ring substituents is 1. The summed E-state index contributed by atoms with van der Waals surface area (Å²) in [5.74, 6) is 0.442. The number of rotatable bonds is 7. The van der Waals surface area contributed by atoms with Crippen LogP contribution in [-0.4, -0.2) is 45.4 Å². The van der Waals surface area contributed by atoms with E-state index in [9.17, 15) is 14.9 Å². The van der Waals surface area contributed by atoms with E-state index in [1.165, 1.54) is 41.1 Å². The minimum absolute atomic E-state index is 0.0258. The number of benzene rings is 3. The van der Waals surface area contributed by atoms with Crippen LogP contribution in [0.1, 0.15) is 76.5 Å². The van der Waals surface area contributed by atoms with Gasteiger partial charge in [-0.05, 0) is 73.2 Å². The number of piperidine rings is 1. The van der Waals surface area contributed by atoms with Crippen molar-refractivity contribution in [1.29, 1.82) is 0 Å². The monoisotopic (exact) mass is 604 g/mol. The Bertz CT molecular complexity index is 1730. The first-order valence-electron chi connectivity index (χ1n) is 15.5. The molecular formula is C35H36N6O4. The number of esters is 1. The van der Waals surface area contributed by atoms with Gasteiger partial charge in [-0.3, -0.25) is 15.0 Å². The molecule has 2 aliphatic heterocycles. The van der Waals surface area contributed by atoms with Gasteiger partial charge in [0.15, 0.2) is 0 Å². The molecule has 1 spiro atoms. The van der Waals surface area contributed by atoms with Crippen LogP contribution in [0.5, 0.6) is 0 Å². The smallest absolute Gasteiger partial charge is 0.338 e. The lowest BCUT2D eigenvalue weighted by Gasteiger charge is -2.40. The number of para-hydroxylation sites is 1. The molecule has 0 amide bonds. The van der Waals surface area contributed by atoms with Gasteiger partial charge in [-0.25, -0.2) is 14.8 Å². The Hall–Kier alpha value is -4.67. The molecule has 4 aromatic rings. The summed E-state index contributed by atoms with van der Waals surface area (Å²) >= 11 is 0. The number of anilines is 2. The Balaban J connectivity index is 1.11. The zero-order chi connectivity index (χ0) is 31.1. The van der Waals surface area contributed by atoms with Gasteiger partial charge in [-0.2, -0.15) is 0 Å². The van der Waals surface area contributed by atoms with Crippen LogP contribution in [0.3, 0.4) is 0 Å². The fourth-order valence-electron chi connectivity index (χ4n) is 7.34. The van der Waals surface area contributed by atoms with Gasteiger partial charge in [0, 0.05) is 48.4 Å². The summed E-state index contributed by atoms with van der Waals surface area (Å²) < 4.78 is 5.94. The van der Waals surface area contributed by atoms with Gasteiger partial charge in [0.1, 0.15) is 18.2 Å². The number of hydrogen-bond donors (Lipinski definition) is 1. The van der Waals surface area contributed by atoms with Crippen LogP contribution >= 0.6 is 0 Å². The second-order valence-electron chi connectivity index (χ2n) is 12.5. The minimum atomic E-state index is -0.525. The Labute approximate surface area is 262 Å². The number of carbonyl (C=O) groups excluding carboxylic acids is 1. The van der Waals surface area contributed by atoms with E-state index >= 15 is 0 Å². The zero-order valence-electron chi connectivity index (χ0n) is 25.3. The summed E-state index contributed by atoms with van der Waals surface area (Å²) in [6.45, 7) is 6.49. The maximum Gasteiger partial charge on any atom is 0.338 e. The average Bonchev–Trinajstić information content (AvgIpc) is 3.56. The van der Waals surface area contributed by atoms with Crippen molar-refractivity contribution in [2.45, 2.75) is 56.7 Å². The normalized spacial score (nSPS) is 20.2. The molecular weight excluding hydrogens is 568 g/mol. The van der Waals surface area contributed by atoms with E-state index in [4.69, 9.17) is 15.5 Å². The first-order chi connectivity index (χ1) is 21.8. The number of nitrogens with two attached hydrogens (primary N) is 1. The first kappa shape index (κ1) is 29.1. The van der Waals surface area contributed by atoms with Gasteiger partial charge in [0.25, 0.3) is 5.69 Å². The maximum atomic E-state index is 13.0. The summed E-state index contributed by atoms with van der Waals surface area (Å²) in [7, 11) is 0. The second kappa shape index (κ2) is 11.7. The molecule has 2 N–H and O–H groups in total. The number of nitrogens with zero attached hydrogens (tertiary/aromatic N) is 5. The Morgan fingerprint density at radius 3 is 2.44 bits per heavy atom. The Kier molecular flexibility index (Phi) is 7.55. The predicted molar refractivity (Wildman–Crippen MR) is 170 cm³/mol. The summed E-state index contributed by atoms with van der Waals surface area (Å²) in [4.78, 5) is 37.9. The van der Waals surface area contributed by atoms with Crippen LogP contribution in [0.4, 0.5) is 17.2 Å². The highest BCUT2D eigenvalue weighted by atomic mass is 16.6. The summed E-state index contributed by atoms with van der Waals surface area (Å²) in [5.41, 5.74) is 12.8. The molecule has 1 saturated heterocycles. The van der Waals surface area contributed by atoms with Crippen molar-refractivity contribution in [3.8, 4) is 0 Å². The number of ether oxygens (including phenoxy) is 1. The molecule has 1 aromatic heterocycles. The van der Waals surface area contributed by atoms with E-state index < -0.39 is 17.0 Å². The quantitative estimate of drug-likeness (QED) is 0.155. The SMILES string of the molecule is C[C@@H]1C[C@@H](OC(=O)c2ccc([N+](=O)[O-])cc2)c2ncnc(N3CC4(CCN(Cc5ccc(CN)cc5)CC4)c4ccccc43)c21. The fourth-order valence-corrected chi connectivity index (χ4v) is 7.34. The predicted octanol–water partition coefficient (Wildman–Crippen LogP) is 5.93. The lowest BCUT2D eigenvalue weighted by atomic mass is 9.74. The van der Waals surface area contributed by atoms with Gasteiger partial charge in [0.2, 0.25) is 0 Å². The van der Waals surface area contributed by atoms with E-state index in [1.807, 2.05) is 0 Å². The van der Waals surface area contributed by atoms with Crippen molar-refractivity contribution in [3.63, 3.8) is 0 Å². The molecule has 1 aliphatic carbocycles. The minimum Gasteiger partial charge on any atom is -0.452 e. The fraction of sp³-hybridized carbons (Fsp3) is 0.343. The molecule has 10 heteroatoms. The van der Waals surface area contributed by atoms with Crippen LogP contribution in [-0.2, 0) is 23.2 Å². The molecule has 7 rings (SSSR count). The number of aromatic nitrogens is 2. The molecule has 0 bridgehead atoms. The molecule has 0 radical (unpaired) electrons. The van der Waals surface area contributed by atoms with Gasteiger partial charge < -0.3 is 15.4 Å². The molecule has 10 nitrogen and oxygen atoms in total. The lowest BCUT2D eigenvalue weighted by Crippen LogP contribution is -2.44.